The summed E-state index contributed by atoms with van der Waals surface area (Å²) < 4.78 is 11.2. The van der Waals surface area contributed by atoms with Gasteiger partial charge in [0.1, 0.15) is 13.2 Å². The number of hydrogen-bond acceptors (Lipinski definition) is 5. The molecule has 0 aliphatic carbocycles. The third-order valence-electron chi connectivity index (χ3n) is 6.64. The van der Waals surface area contributed by atoms with E-state index in [0.717, 1.165) is 31.5 Å². The Kier molecular flexibility index (Phi) is 6.38. The van der Waals surface area contributed by atoms with Crippen LogP contribution in [0.15, 0.2) is 42.5 Å². The molecule has 1 atom stereocenters. The number of hydrogen-bond donors (Lipinski definition) is 1. The van der Waals surface area contributed by atoms with E-state index in [1.807, 2.05) is 35.2 Å². The smallest absolute Gasteiger partial charge is 0.253 e. The van der Waals surface area contributed by atoms with E-state index in [9.17, 15) is 14.4 Å². The van der Waals surface area contributed by atoms with Gasteiger partial charge in [0.15, 0.2) is 11.5 Å². The molecule has 2 fully saturated rings. The van der Waals surface area contributed by atoms with Gasteiger partial charge in [0.25, 0.3) is 5.91 Å². The third-order valence-corrected chi connectivity index (χ3v) is 6.64. The maximum absolute atomic E-state index is 12.8. The van der Waals surface area contributed by atoms with Gasteiger partial charge in [0.05, 0.1) is 5.92 Å². The van der Waals surface area contributed by atoms with Gasteiger partial charge in [-0.25, -0.2) is 0 Å². The summed E-state index contributed by atoms with van der Waals surface area (Å²) in [6.07, 6.45) is 3.48. The fourth-order valence-electron chi connectivity index (χ4n) is 4.71. The van der Waals surface area contributed by atoms with Gasteiger partial charge in [-0.3, -0.25) is 14.4 Å². The zero-order valence-electron chi connectivity index (χ0n) is 19.1. The molecule has 1 N–H and O–H groups in total. The largest absolute Gasteiger partial charge is 0.486 e. The topological polar surface area (TPSA) is 88.2 Å². The van der Waals surface area contributed by atoms with Gasteiger partial charge in [0.2, 0.25) is 11.8 Å². The number of anilines is 1. The van der Waals surface area contributed by atoms with Crippen LogP contribution in [-0.4, -0.2) is 55.5 Å². The summed E-state index contributed by atoms with van der Waals surface area (Å²) in [6, 6.07) is 12.8. The summed E-state index contributed by atoms with van der Waals surface area (Å²) >= 11 is 0. The Balaban J connectivity index is 1.15. The normalized spacial score (nSPS) is 19.8. The second kappa shape index (κ2) is 9.75. The van der Waals surface area contributed by atoms with Crippen LogP contribution in [0.1, 0.15) is 41.6 Å². The molecule has 2 saturated heterocycles. The van der Waals surface area contributed by atoms with Gasteiger partial charge < -0.3 is 24.6 Å². The predicted octanol–water partition coefficient (Wildman–Crippen LogP) is 2.75. The molecular formula is C26H29N3O5. The van der Waals surface area contributed by atoms with Crippen LogP contribution >= 0.6 is 0 Å². The molecule has 178 valence electrons. The first-order valence-electron chi connectivity index (χ1n) is 11.9. The molecule has 5 rings (SSSR count). The van der Waals surface area contributed by atoms with Gasteiger partial charge in [-0.2, -0.15) is 0 Å². The number of piperidine rings is 1. The number of fused-ring (bicyclic) bond motifs is 1. The van der Waals surface area contributed by atoms with E-state index in [1.54, 1.807) is 17.0 Å². The average molecular weight is 464 g/mol. The zero-order valence-corrected chi connectivity index (χ0v) is 19.1. The maximum Gasteiger partial charge on any atom is 0.253 e. The Bertz CT molecular complexity index is 1080. The van der Waals surface area contributed by atoms with Crippen molar-refractivity contribution in [1.82, 2.24) is 10.2 Å². The molecule has 0 unspecified atom stereocenters. The summed E-state index contributed by atoms with van der Waals surface area (Å²) in [7, 11) is 0. The fraction of sp³-hybridized carbons (Fsp3) is 0.423. The van der Waals surface area contributed by atoms with Crippen molar-refractivity contribution in [2.45, 2.75) is 32.2 Å². The van der Waals surface area contributed by atoms with Crippen molar-refractivity contribution in [2.75, 3.05) is 37.7 Å². The van der Waals surface area contributed by atoms with Crippen LogP contribution in [0.3, 0.4) is 0 Å². The molecule has 2 aromatic rings. The van der Waals surface area contributed by atoms with E-state index >= 15 is 0 Å². The summed E-state index contributed by atoms with van der Waals surface area (Å²) in [5.74, 6) is 0.699. The lowest BCUT2D eigenvalue weighted by atomic mass is 10.1. The summed E-state index contributed by atoms with van der Waals surface area (Å²) in [5.41, 5.74) is 2.29. The molecule has 3 aliphatic rings. The lowest BCUT2D eigenvalue weighted by Gasteiger charge is -2.26. The maximum atomic E-state index is 12.8. The van der Waals surface area contributed by atoms with Crippen molar-refractivity contribution >= 4 is 23.4 Å². The second-order valence-corrected chi connectivity index (χ2v) is 9.00. The lowest BCUT2D eigenvalue weighted by Crippen LogP contribution is -2.35. The van der Waals surface area contributed by atoms with Crippen molar-refractivity contribution in [3.05, 3.63) is 53.6 Å². The molecule has 0 radical (unpaired) electrons. The Morgan fingerprint density at radius 1 is 0.941 bits per heavy atom. The first kappa shape index (κ1) is 22.3. The molecule has 0 saturated carbocycles. The molecule has 0 bridgehead atoms. The standard InChI is InChI=1S/C26H29N3O5/c30-24-14-20(17-29(24)21-8-9-22-23(15-21)34-13-12-33-22)25(31)27-16-18-4-6-19(7-5-18)26(32)28-10-2-1-3-11-28/h4-9,15,20H,1-3,10-14,16-17H2,(H,27,31)/t20-/m1/s1. The predicted molar refractivity (Wildman–Crippen MR) is 126 cm³/mol. The van der Waals surface area contributed by atoms with Gasteiger partial charge in [-0.15, -0.1) is 0 Å². The number of nitrogens with zero attached hydrogens (tertiary/aromatic N) is 2. The highest BCUT2D eigenvalue weighted by atomic mass is 16.6. The fourth-order valence-corrected chi connectivity index (χ4v) is 4.71. The molecule has 8 heteroatoms. The summed E-state index contributed by atoms with van der Waals surface area (Å²) in [6.45, 7) is 3.30. The van der Waals surface area contributed by atoms with E-state index in [4.69, 9.17) is 9.47 Å². The second-order valence-electron chi connectivity index (χ2n) is 9.00. The highest BCUT2D eigenvalue weighted by Gasteiger charge is 2.35. The number of benzene rings is 2. The molecule has 0 aromatic heterocycles. The minimum atomic E-state index is -0.416. The molecule has 2 aromatic carbocycles. The summed E-state index contributed by atoms with van der Waals surface area (Å²) in [5, 5.41) is 2.94. The molecule has 8 nitrogen and oxygen atoms in total. The molecule has 0 spiro atoms. The van der Waals surface area contributed by atoms with Crippen LogP contribution in [0.25, 0.3) is 0 Å². The Labute approximate surface area is 198 Å². The number of likely N-dealkylation sites (tertiary alicyclic amines) is 1. The van der Waals surface area contributed by atoms with Crippen LogP contribution in [-0.2, 0) is 16.1 Å². The van der Waals surface area contributed by atoms with Crippen molar-refractivity contribution < 1.29 is 23.9 Å². The Morgan fingerprint density at radius 3 is 2.44 bits per heavy atom. The average Bonchev–Trinajstić information content (AvgIpc) is 3.29. The number of amides is 3. The quantitative estimate of drug-likeness (QED) is 0.737. The van der Waals surface area contributed by atoms with Crippen molar-refractivity contribution in [3.63, 3.8) is 0 Å². The number of rotatable bonds is 5. The van der Waals surface area contributed by atoms with E-state index < -0.39 is 5.92 Å². The highest BCUT2D eigenvalue weighted by molar-refractivity contribution is 6.00. The SMILES string of the molecule is O=C(NCc1ccc(C(=O)N2CCCCC2)cc1)[C@@H]1CC(=O)N(c2ccc3c(c2)OCCO3)C1. The van der Waals surface area contributed by atoms with Crippen LogP contribution in [0.5, 0.6) is 11.5 Å². The van der Waals surface area contributed by atoms with Crippen molar-refractivity contribution in [3.8, 4) is 11.5 Å². The van der Waals surface area contributed by atoms with E-state index in [1.165, 1.54) is 6.42 Å². The first-order chi connectivity index (χ1) is 16.6. The van der Waals surface area contributed by atoms with Crippen LogP contribution < -0.4 is 19.7 Å². The van der Waals surface area contributed by atoms with Gasteiger partial charge in [-0.1, -0.05) is 12.1 Å². The van der Waals surface area contributed by atoms with Gasteiger partial charge in [-0.05, 0) is 49.1 Å². The van der Waals surface area contributed by atoms with Crippen LogP contribution in [0, 0.1) is 5.92 Å². The molecular weight excluding hydrogens is 434 g/mol. The molecule has 3 aliphatic heterocycles. The van der Waals surface area contributed by atoms with Crippen molar-refractivity contribution in [1.29, 1.82) is 0 Å². The van der Waals surface area contributed by atoms with E-state index in [-0.39, 0.29) is 24.1 Å². The van der Waals surface area contributed by atoms with E-state index in [2.05, 4.69) is 5.32 Å². The third kappa shape index (κ3) is 4.71. The lowest BCUT2D eigenvalue weighted by molar-refractivity contribution is -0.126. The van der Waals surface area contributed by atoms with Gasteiger partial charge >= 0.3 is 0 Å². The molecule has 34 heavy (non-hydrogen) atoms. The minimum Gasteiger partial charge on any atom is -0.486 e. The monoisotopic (exact) mass is 463 g/mol. The number of nitrogens with one attached hydrogen (secondary N) is 1. The Morgan fingerprint density at radius 2 is 1.68 bits per heavy atom. The highest BCUT2D eigenvalue weighted by Crippen LogP contribution is 2.36. The van der Waals surface area contributed by atoms with Gasteiger partial charge in [0, 0.05) is 49.9 Å². The minimum absolute atomic E-state index is 0.0685. The Hall–Kier alpha value is -3.55. The zero-order chi connectivity index (χ0) is 23.5. The van der Waals surface area contributed by atoms with E-state index in [0.29, 0.717) is 49.1 Å². The summed E-state index contributed by atoms with van der Waals surface area (Å²) in [4.78, 5) is 41.5. The molecule has 3 amide bonds. The van der Waals surface area contributed by atoms with Crippen LogP contribution in [0.4, 0.5) is 5.69 Å². The molecule has 3 heterocycles. The number of ether oxygens (including phenoxy) is 2. The number of carbonyl (C=O) groups excluding carboxylic acids is 3. The first-order valence-corrected chi connectivity index (χ1v) is 11.9. The van der Waals surface area contributed by atoms with Crippen LogP contribution in [0.2, 0.25) is 0 Å². The van der Waals surface area contributed by atoms with Crippen molar-refractivity contribution in [2.24, 2.45) is 5.92 Å². The number of carbonyl (C=O) groups is 3.